The van der Waals surface area contributed by atoms with Gasteiger partial charge in [-0.25, -0.2) is 0 Å². The smallest absolute Gasteiger partial charge is 0.197 e. The summed E-state index contributed by atoms with van der Waals surface area (Å²) in [6.07, 6.45) is 3.04. The Kier molecular flexibility index (Phi) is 12.4. The van der Waals surface area contributed by atoms with Gasteiger partial charge in [0.25, 0.3) is 0 Å². The van der Waals surface area contributed by atoms with Crippen molar-refractivity contribution in [2.24, 2.45) is 35.5 Å². The second-order valence-corrected chi connectivity index (χ2v) is 12.5. The molecule has 0 saturated carbocycles. The summed E-state index contributed by atoms with van der Waals surface area (Å²) in [5.41, 5.74) is 1.25. The Morgan fingerprint density at radius 3 is 2.22 bits per heavy atom. The van der Waals surface area contributed by atoms with E-state index in [1.165, 1.54) is 5.57 Å². The molecule has 13 atom stereocenters. The normalized spacial score (nSPS) is 39.1. The van der Waals surface area contributed by atoms with Crippen molar-refractivity contribution in [2.45, 2.75) is 117 Å². The fraction of sp³-hybridized carbons (Fsp3) is 0.862. The third-order valence-electron chi connectivity index (χ3n) is 8.98. The zero-order valence-electron chi connectivity index (χ0n) is 23.7. The van der Waals surface area contributed by atoms with Crippen LogP contribution >= 0.6 is 22.6 Å². The van der Waals surface area contributed by atoms with E-state index in [9.17, 15) is 15.3 Å². The minimum atomic E-state index is -1.23. The van der Waals surface area contributed by atoms with Crippen LogP contribution in [0, 0.1) is 35.5 Å². The van der Waals surface area contributed by atoms with Gasteiger partial charge in [-0.1, -0.05) is 81.9 Å². The number of allylic oxidation sites excluding steroid dienone is 2. The van der Waals surface area contributed by atoms with E-state index >= 15 is 0 Å². The second kappa shape index (κ2) is 13.9. The van der Waals surface area contributed by atoms with E-state index < -0.39 is 24.1 Å². The summed E-state index contributed by atoms with van der Waals surface area (Å²) in [5, 5.41) is 33.7. The van der Waals surface area contributed by atoms with E-state index in [1.807, 2.05) is 37.9 Å². The van der Waals surface area contributed by atoms with E-state index in [-0.39, 0.29) is 53.8 Å². The predicted molar refractivity (Wildman–Crippen MR) is 153 cm³/mol. The monoisotopic (exact) mass is 622 g/mol. The average Bonchev–Trinajstić information content (AvgIpc) is 2.85. The predicted octanol–water partition coefficient (Wildman–Crippen LogP) is 5.48. The van der Waals surface area contributed by atoms with E-state index in [0.717, 1.165) is 6.42 Å². The number of hydrogen-bond donors (Lipinski definition) is 3. The highest BCUT2D eigenvalue weighted by Crippen LogP contribution is 2.47. The first kappa shape index (κ1) is 32.2. The molecule has 0 aromatic carbocycles. The summed E-state index contributed by atoms with van der Waals surface area (Å²) in [6, 6.07) is 0. The minimum Gasteiger partial charge on any atom is -0.392 e. The van der Waals surface area contributed by atoms with Crippen molar-refractivity contribution in [3.8, 4) is 0 Å². The van der Waals surface area contributed by atoms with Crippen LogP contribution < -0.4 is 0 Å². The number of rotatable bonds is 10. The molecular formula is C29H51IO6. The zero-order valence-corrected chi connectivity index (χ0v) is 25.9. The maximum atomic E-state index is 11.3. The first-order valence-electron chi connectivity index (χ1n) is 13.6. The first-order chi connectivity index (χ1) is 16.8. The van der Waals surface area contributed by atoms with E-state index in [4.69, 9.17) is 14.2 Å². The van der Waals surface area contributed by atoms with Crippen LogP contribution in [0.15, 0.2) is 21.8 Å². The third kappa shape index (κ3) is 7.13. The molecule has 0 amide bonds. The SMILES string of the molecule is C/C=C(\C)C[C@H](C)[C@H](O)[C@@H](C)[C@H]1O[C@@]2(C[C@@H](OC)[C@H]1C)O[C@@H]([C@@H](C)[C@@H](O)[C@@H](C)/C=C\I)[C@@H](C)C[C@@H]2O. The van der Waals surface area contributed by atoms with Gasteiger partial charge < -0.3 is 29.5 Å². The van der Waals surface area contributed by atoms with Crippen molar-refractivity contribution >= 4 is 22.6 Å². The van der Waals surface area contributed by atoms with Crippen molar-refractivity contribution in [2.75, 3.05) is 7.11 Å². The molecule has 0 bridgehead atoms. The molecule has 210 valence electrons. The van der Waals surface area contributed by atoms with Gasteiger partial charge in [-0.15, -0.1) is 0 Å². The summed E-state index contributed by atoms with van der Waals surface area (Å²) in [4.78, 5) is 0. The lowest BCUT2D eigenvalue weighted by atomic mass is 9.74. The van der Waals surface area contributed by atoms with Gasteiger partial charge in [-0.05, 0) is 42.6 Å². The number of ether oxygens (including phenoxy) is 3. The molecule has 2 aliphatic heterocycles. The number of methoxy groups -OCH3 is 1. The van der Waals surface area contributed by atoms with Gasteiger partial charge in [-0.3, -0.25) is 0 Å². The number of aliphatic hydroxyl groups excluding tert-OH is 3. The molecule has 0 aromatic heterocycles. The van der Waals surface area contributed by atoms with Crippen molar-refractivity contribution < 1.29 is 29.5 Å². The maximum Gasteiger partial charge on any atom is 0.197 e. The van der Waals surface area contributed by atoms with E-state index in [0.29, 0.717) is 12.8 Å². The number of hydrogen-bond acceptors (Lipinski definition) is 6. The van der Waals surface area contributed by atoms with Gasteiger partial charge in [0.2, 0.25) is 0 Å². The van der Waals surface area contributed by atoms with Gasteiger partial charge in [-0.2, -0.15) is 0 Å². The van der Waals surface area contributed by atoms with Gasteiger partial charge >= 0.3 is 0 Å². The van der Waals surface area contributed by atoms with Gasteiger partial charge in [0.1, 0.15) is 6.10 Å². The number of halogens is 1. The quantitative estimate of drug-likeness (QED) is 0.221. The fourth-order valence-electron chi connectivity index (χ4n) is 6.32. The Morgan fingerprint density at radius 1 is 1.08 bits per heavy atom. The summed E-state index contributed by atoms with van der Waals surface area (Å²) in [5.74, 6) is -1.44. The molecule has 0 aliphatic carbocycles. The molecule has 1 spiro atoms. The van der Waals surface area contributed by atoms with Gasteiger partial charge in [0, 0.05) is 37.2 Å². The summed E-state index contributed by atoms with van der Waals surface area (Å²) in [6.45, 7) is 16.4. The Labute approximate surface area is 233 Å². The van der Waals surface area contributed by atoms with Crippen LogP contribution in [0.1, 0.15) is 74.7 Å². The van der Waals surface area contributed by atoms with Crippen molar-refractivity contribution in [3.05, 3.63) is 21.8 Å². The molecule has 2 aliphatic rings. The molecule has 0 unspecified atom stereocenters. The van der Waals surface area contributed by atoms with Crippen molar-refractivity contribution in [1.82, 2.24) is 0 Å². The largest absolute Gasteiger partial charge is 0.392 e. The molecule has 2 heterocycles. The molecule has 2 rings (SSSR count). The van der Waals surface area contributed by atoms with E-state index in [1.54, 1.807) is 7.11 Å². The van der Waals surface area contributed by atoms with Crippen LogP contribution in [0.4, 0.5) is 0 Å². The van der Waals surface area contributed by atoms with Crippen LogP contribution in [-0.4, -0.2) is 64.8 Å². The highest BCUT2D eigenvalue weighted by Gasteiger charge is 2.57. The second-order valence-electron chi connectivity index (χ2n) is 11.7. The minimum absolute atomic E-state index is 0.0143. The Morgan fingerprint density at radius 2 is 1.67 bits per heavy atom. The molecule has 3 N–H and O–H groups in total. The summed E-state index contributed by atoms with van der Waals surface area (Å²) >= 11 is 2.17. The highest BCUT2D eigenvalue weighted by molar-refractivity contribution is 14.1. The number of aliphatic hydroxyl groups is 3. The Bertz CT molecular complexity index is 743. The van der Waals surface area contributed by atoms with Gasteiger partial charge in [0.15, 0.2) is 5.79 Å². The standard InChI is InChI=1S/C29H51IO6/c1-10-16(2)13-18(4)26(33)22(8)28-20(6)23(34-9)15-29(36-28)24(31)14-19(5)27(35-29)21(7)25(32)17(3)11-12-30/h10-12,17-28,31-33H,13-15H2,1-9H3/b12-11-,16-10+/t17-,18-,19-,20+,21-,22+,23+,24-,25-,26-,27+,28-,29+/m0/s1. The van der Waals surface area contributed by atoms with Crippen LogP contribution in [0.3, 0.4) is 0 Å². The molecule has 2 saturated heterocycles. The summed E-state index contributed by atoms with van der Waals surface area (Å²) in [7, 11) is 1.69. The lowest BCUT2D eigenvalue weighted by Crippen LogP contribution is -2.65. The van der Waals surface area contributed by atoms with Crippen molar-refractivity contribution in [3.63, 3.8) is 0 Å². The average molecular weight is 623 g/mol. The first-order valence-corrected chi connectivity index (χ1v) is 14.9. The van der Waals surface area contributed by atoms with Gasteiger partial charge in [0.05, 0.1) is 30.5 Å². The third-order valence-corrected chi connectivity index (χ3v) is 9.39. The Hall–Kier alpha value is -0.0300. The fourth-order valence-corrected chi connectivity index (χ4v) is 6.97. The van der Waals surface area contributed by atoms with Crippen molar-refractivity contribution in [1.29, 1.82) is 0 Å². The molecule has 7 heteroatoms. The topological polar surface area (TPSA) is 88.4 Å². The maximum absolute atomic E-state index is 11.3. The lowest BCUT2D eigenvalue weighted by Gasteiger charge is -2.56. The molecular weight excluding hydrogens is 571 g/mol. The molecule has 0 radical (unpaired) electrons. The summed E-state index contributed by atoms with van der Waals surface area (Å²) < 4.78 is 21.3. The van der Waals surface area contributed by atoms with Crippen LogP contribution in [0.2, 0.25) is 0 Å². The van der Waals surface area contributed by atoms with E-state index in [2.05, 4.69) is 56.4 Å². The Balaban J connectivity index is 2.33. The van der Waals surface area contributed by atoms with Crippen LogP contribution in [-0.2, 0) is 14.2 Å². The molecule has 2 fully saturated rings. The zero-order chi connectivity index (χ0) is 27.4. The molecule has 6 nitrogen and oxygen atoms in total. The molecule has 36 heavy (non-hydrogen) atoms. The highest BCUT2D eigenvalue weighted by atomic mass is 127. The van der Waals surface area contributed by atoms with Crippen LogP contribution in [0.5, 0.6) is 0 Å². The van der Waals surface area contributed by atoms with Crippen LogP contribution in [0.25, 0.3) is 0 Å². The lowest BCUT2D eigenvalue weighted by molar-refractivity contribution is -0.391. The molecule has 0 aromatic rings.